The van der Waals surface area contributed by atoms with Crippen LogP contribution >= 0.6 is 0 Å². The predicted octanol–water partition coefficient (Wildman–Crippen LogP) is 6.32. The zero-order valence-corrected chi connectivity index (χ0v) is 27.3. The molecule has 0 aliphatic carbocycles. The van der Waals surface area contributed by atoms with Gasteiger partial charge in [-0.25, -0.2) is 0 Å². The Kier molecular flexibility index (Phi) is 19.9. The molecule has 0 amide bonds. The minimum Gasteiger partial charge on any atom is -0.462 e. The highest BCUT2D eigenvalue weighted by Gasteiger charge is 2.35. The number of aliphatic hydroxyl groups is 4. The highest BCUT2D eigenvalue weighted by molar-refractivity contribution is 5.83. The Hall–Kier alpha value is -1.06. The molecule has 8 nitrogen and oxygen atoms in total. The number of carbonyl (C=O) groups excluding carboxylic acids is 2. The van der Waals surface area contributed by atoms with Crippen molar-refractivity contribution in [3.63, 3.8) is 0 Å². The van der Waals surface area contributed by atoms with Crippen LogP contribution in [-0.2, 0) is 19.1 Å². The second-order valence-corrected chi connectivity index (χ2v) is 13.5. The number of rotatable bonds is 26. The number of unbranched alkanes of at least 4 members (excludes halogenated alkanes) is 11. The Morgan fingerprint density at radius 2 is 1.21 bits per heavy atom. The lowest BCUT2D eigenvalue weighted by molar-refractivity contribution is -0.145. The molecule has 2 rings (SSSR count). The Morgan fingerprint density at radius 3 is 1.79 bits per heavy atom. The number of ketones is 1. The van der Waals surface area contributed by atoms with Gasteiger partial charge in [0, 0.05) is 6.42 Å². The minimum atomic E-state index is -0.824. The van der Waals surface area contributed by atoms with Crippen molar-refractivity contribution < 1.29 is 39.5 Å². The molecule has 2 heterocycles. The quantitative estimate of drug-likeness (QED) is 0.0659. The second-order valence-electron chi connectivity index (χ2n) is 13.5. The minimum absolute atomic E-state index is 0.00928. The summed E-state index contributed by atoms with van der Waals surface area (Å²) >= 11 is 0. The lowest BCUT2D eigenvalue weighted by Gasteiger charge is -2.23. The van der Waals surface area contributed by atoms with E-state index < -0.39 is 24.4 Å². The topological polar surface area (TPSA) is 134 Å². The second kappa shape index (κ2) is 22.4. The summed E-state index contributed by atoms with van der Waals surface area (Å²) in [6.07, 6.45) is 17.8. The van der Waals surface area contributed by atoms with Crippen molar-refractivity contribution in [2.24, 2.45) is 5.92 Å². The van der Waals surface area contributed by atoms with Crippen LogP contribution in [0, 0.1) is 5.92 Å². The molecule has 8 atom stereocenters. The molecule has 0 saturated carbocycles. The SMILES string of the molecule is CCCCCCCCCCCC[C@H](O)[C@@H]1CC[C@@H]([C@@H](O)CCCC(O)C(O)CCCCC[C@@H]2C[C@@H](CC(C)=O)C(=O)O2)O1. The molecule has 2 aliphatic rings. The van der Waals surface area contributed by atoms with E-state index >= 15 is 0 Å². The molecule has 0 aromatic carbocycles. The molecule has 0 aromatic heterocycles. The summed E-state index contributed by atoms with van der Waals surface area (Å²) in [6.45, 7) is 3.74. The van der Waals surface area contributed by atoms with Gasteiger partial charge in [0.25, 0.3) is 0 Å². The third-order valence-corrected chi connectivity index (χ3v) is 9.46. The number of Topliss-reactive ketones (excluding diaryl/α,β-unsaturated/α-hetero) is 1. The van der Waals surface area contributed by atoms with E-state index in [0.717, 1.165) is 57.8 Å². The van der Waals surface area contributed by atoms with E-state index in [2.05, 4.69) is 6.92 Å². The average Bonchev–Trinajstić information content (AvgIpc) is 3.60. The summed E-state index contributed by atoms with van der Waals surface area (Å²) in [5.74, 6) is -0.555. The number of hydrogen-bond donors (Lipinski definition) is 4. The normalized spacial score (nSPS) is 25.0. The maximum absolute atomic E-state index is 11.8. The molecule has 8 heteroatoms. The molecule has 0 spiro atoms. The first-order valence-electron chi connectivity index (χ1n) is 17.8. The molecule has 252 valence electrons. The van der Waals surface area contributed by atoms with Crippen molar-refractivity contribution in [1.82, 2.24) is 0 Å². The number of ether oxygens (including phenoxy) is 2. The molecular weight excluding hydrogens is 548 g/mol. The number of cyclic esters (lactones) is 1. The number of hydrogen-bond acceptors (Lipinski definition) is 8. The van der Waals surface area contributed by atoms with Crippen molar-refractivity contribution in [2.45, 2.75) is 204 Å². The number of carbonyl (C=O) groups is 2. The van der Waals surface area contributed by atoms with Crippen LogP contribution in [0.15, 0.2) is 0 Å². The van der Waals surface area contributed by atoms with Crippen LogP contribution in [0.3, 0.4) is 0 Å². The van der Waals surface area contributed by atoms with E-state index in [1.54, 1.807) is 0 Å². The van der Waals surface area contributed by atoms with Gasteiger partial charge in [-0.1, -0.05) is 84.0 Å². The van der Waals surface area contributed by atoms with Crippen molar-refractivity contribution >= 4 is 11.8 Å². The first kappa shape index (κ1) is 38.1. The van der Waals surface area contributed by atoms with E-state index in [1.807, 2.05) is 0 Å². The van der Waals surface area contributed by atoms with Gasteiger partial charge >= 0.3 is 5.97 Å². The fraction of sp³-hybridized carbons (Fsp3) is 0.943. The highest BCUT2D eigenvalue weighted by Crippen LogP contribution is 2.29. The van der Waals surface area contributed by atoms with Crippen LogP contribution in [0.4, 0.5) is 0 Å². The van der Waals surface area contributed by atoms with E-state index in [9.17, 15) is 30.0 Å². The lowest BCUT2D eigenvalue weighted by Crippen LogP contribution is -2.31. The summed E-state index contributed by atoms with van der Waals surface area (Å²) in [5.41, 5.74) is 0. The van der Waals surface area contributed by atoms with E-state index in [4.69, 9.17) is 9.47 Å². The number of esters is 1. The molecule has 0 bridgehead atoms. The molecule has 2 fully saturated rings. The van der Waals surface area contributed by atoms with E-state index in [0.29, 0.717) is 32.1 Å². The maximum Gasteiger partial charge on any atom is 0.309 e. The molecule has 0 aromatic rings. The van der Waals surface area contributed by atoms with Crippen LogP contribution in [0.25, 0.3) is 0 Å². The van der Waals surface area contributed by atoms with Gasteiger partial charge in [-0.05, 0) is 71.1 Å². The van der Waals surface area contributed by atoms with Gasteiger partial charge < -0.3 is 34.7 Å². The van der Waals surface area contributed by atoms with Gasteiger partial charge in [0.05, 0.1) is 42.5 Å². The van der Waals surface area contributed by atoms with E-state index in [-0.39, 0.29) is 42.4 Å². The van der Waals surface area contributed by atoms with Gasteiger partial charge in [-0.15, -0.1) is 0 Å². The summed E-state index contributed by atoms with van der Waals surface area (Å²) < 4.78 is 11.4. The highest BCUT2D eigenvalue weighted by atomic mass is 16.6. The molecule has 2 aliphatic heterocycles. The van der Waals surface area contributed by atoms with Crippen molar-refractivity contribution in [2.75, 3.05) is 0 Å². The summed E-state index contributed by atoms with van der Waals surface area (Å²) in [5, 5.41) is 42.0. The predicted molar refractivity (Wildman–Crippen MR) is 169 cm³/mol. The smallest absolute Gasteiger partial charge is 0.309 e. The third kappa shape index (κ3) is 16.2. The molecule has 2 saturated heterocycles. The first-order chi connectivity index (χ1) is 20.7. The van der Waals surface area contributed by atoms with Gasteiger partial charge in [-0.2, -0.15) is 0 Å². The Morgan fingerprint density at radius 1 is 0.721 bits per heavy atom. The van der Waals surface area contributed by atoms with Gasteiger partial charge in [0.1, 0.15) is 11.9 Å². The Balaban J connectivity index is 1.46. The van der Waals surface area contributed by atoms with Crippen molar-refractivity contribution in [3.05, 3.63) is 0 Å². The Labute approximate surface area is 261 Å². The van der Waals surface area contributed by atoms with Gasteiger partial charge in [0.15, 0.2) is 0 Å². The average molecular weight is 613 g/mol. The molecule has 4 N–H and O–H groups in total. The van der Waals surface area contributed by atoms with Crippen molar-refractivity contribution in [1.29, 1.82) is 0 Å². The monoisotopic (exact) mass is 612 g/mol. The fourth-order valence-electron chi connectivity index (χ4n) is 6.70. The molecule has 0 radical (unpaired) electrons. The maximum atomic E-state index is 11.8. The molecule has 43 heavy (non-hydrogen) atoms. The number of aliphatic hydroxyl groups excluding tert-OH is 4. The van der Waals surface area contributed by atoms with Crippen LogP contribution in [0.5, 0.6) is 0 Å². The zero-order chi connectivity index (χ0) is 31.5. The van der Waals surface area contributed by atoms with Gasteiger partial charge in [0.2, 0.25) is 0 Å². The standard InChI is InChI=1S/C35H64O8/c1-3-4-5-6-7-8-9-10-11-14-19-31(39)33-22-23-34(43-33)32(40)21-16-20-30(38)29(37)18-15-12-13-17-28-25-27(24-26(2)36)35(41)42-28/h27-34,37-40H,3-25H2,1-2H3/t27-,28-,29?,30?,31+,32+,33+,34+/m1/s1. The van der Waals surface area contributed by atoms with Gasteiger partial charge in [-0.3, -0.25) is 4.79 Å². The van der Waals surface area contributed by atoms with Crippen molar-refractivity contribution in [3.8, 4) is 0 Å². The lowest BCUT2D eigenvalue weighted by atomic mass is 9.96. The molecular formula is C35H64O8. The van der Waals surface area contributed by atoms with Crippen LogP contribution in [0.1, 0.15) is 162 Å². The summed E-state index contributed by atoms with van der Waals surface area (Å²) in [4.78, 5) is 23.1. The summed E-state index contributed by atoms with van der Waals surface area (Å²) in [7, 11) is 0. The van der Waals surface area contributed by atoms with E-state index in [1.165, 1.54) is 58.3 Å². The first-order valence-corrected chi connectivity index (χ1v) is 17.8. The van der Waals surface area contributed by atoms with Crippen LogP contribution < -0.4 is 0 Å². The van der Waals surface area contributed by atoms with Crippen LogP contribution in [0.2, 0.25) is 0 Å². The third-order valence-electron chi connectivity index (χ3n) is 9.46. The Bertz CT molecular complexity index is 745. The largest absolute Gasteiger partial charge is 0.462 e. The fourth-order valence-corrected chi connectivity index (χ4v) is 6.70. The van der Waals surface area contributed by atoms with Crippen LogP contribution in [-0.4, -0.2) is 74.9 Å². The zero-order valence-electron chi connectivity index (χ0n) is 27.3. The summed E-state index contributed by atoms with van der Waals surface area (Å²) in [6, 6.07) is 0. The molecule has 2 unspecified atom stereocenters.